The Morgan fingerprint density at radius 1 is 0.957 bits per heavy atom. The van der Waals surface area contributed by atoms with Gasteiger partial charge in [0.25, 0.3) is 0 Å². The number of aliphatic hydroxyl groups is 1. The van der Waals surface area contributed by atoms with Crippen molar-refractivity contribution in [3.05, 3.63) is 70.8 Å². The van der Waals surface area contributed by atoms with Crippen LogP contribution in [-0.2, 0) is 17.8 Å². The van der Waals surface area contributed by atoms with Crippen LogP contribution in [0, 0.1) is 0 Å². The lowest BCUT2D eigenvalue weighted by molar-refractivity contribution is 0.0319. The summed E-state index contributed by atoms with van der Waals surface area (Å²) in [5.41, 5.74) is 2.73. The molecule has 0 saturated heterocycles. The van der Waals surface area contributed by atoms with Crippen molar-refractivity contribution in [3.8, 4) is 0 Å². The minimum absolute atomic E-state index is 0.0853. The zero-order chi connectivity index (χ0) is 16.8. The standard InChI is InChI=1S/C19H20O4/c1-3-14-4-8-16(9-5-14)18(21)13(2)23-19(22)17-10-6-15(12-20)7-11-17/h4-11,13,20H,3,12H2,1-2H3/t13-/m1/s1. The summed E-state index contributed by atoms with van der Waals surface area (Å²) in [7, 11) is 0. The minimum Gasteiger partial charge on any atom is -0.451 e. The van der Waals surface area contributed by atoms with Gasteiger partial charge in [-0.05, 0) is 36.6 Å². The molecule has 1 atom stereocenters. The summed E-state index contributed by atoms with van der Waals surface area (Å²) in [6, 6.07) is 13.7. The number of esters is 1. The van der Waals surface area contributed by atoms with Gasteiger partial charge in [-0.1, -0.05) is 43.3 Å². The number of rotatable bonds is 6. The van der Waals surface area contributed by atoms with Crippen LogP contribution >= 0.6 is 0 Å². The fourth-order valence-electron chi connectivity index (χ4n) is 2.17. The minimum atomic E-state index is -0.854. The molecule has 0 aliphatic carbocycles. The van der Waals surface area contributed by atoms with Crippen LogP contribution in [-0.4, -0.2) is 23.0 Å². The second-order valence-corrected chi connectivity index (χ2v) is 5.32. The average Bonchev–Trinajstić information content (AvgIpc) is 2.61. The zero-order valence-electron chi connectivity index (χ0n) is 13.3. The SMILES string of the molecule is CCc1ccc(C(=O)[C@@H](C)OC(=O)c2ccc(CO)cc2)cc1. The number of hydrogen-bond acceptors (Lipinski definition) is 4. The molecule has 0 spiro atoms. The Bertz CT molecular complexity index is 672. The summed E-state index contributed by atoms with van der Waals surface area (Å²) in [6.07, 6.45) is 0.0514. The Morgan fingerprint density at radius 3 is 2.00 bits per heavy atom. The van der Waals surface area contributed by atoms with Crippen molar-refractivity contribution in [3.63, 3.8) is 0 Å². The van der Waals surface area contributed by atoms with E-state index in [2.05, 4.69) is 0 Å². The van der Waals surface area contributed by atoms with E-state index in [1.54, 1.807) is 43.3 Å². The summed E-state index contributed by atoms with van der Waals surface area (Å²) >= 11 is 0. The van der Waals surface area contributed by atoms with Crippen LogP contribution in [0.4, 0.5) is 0 Å². The smallest absolute Gasteiger partial charge is 0.338 e. The molecule has 0 heterocycles. The van der Waals surface area contributed by atoms with Crippen molar-refractivity contribution in [2.75, 3.05) is 0 Å². The summed E-state index contributed by atoms with van der Waals surface area (Å²) < 4.78 is 5.23. The van der Waals surface area contributed by atoms with Gasteiger partial charge in [0.2, 0.25) is 5.78 Å². The van der Waals surface area contributed by atoms with E-state index in [9.17, 15) is 9.59 Å². The first-order valence-corrected chi connectivity index (χ1v) is 7.59. The van der Waals surface area contributed by atoms with Crippen LogP contribution in [0.25, 0.3) is 0 Å². The molecule has 0 fully saturated rings. The van der Waals surface area contributed by atoms with Gasteiger partial charge in [0.1, 0.15) is 0 Å². The van der Waals surface area contributed by atoms with Gasteiger partial charge in [-0.15, -0.1) is 0 Å². The molecule has 0 radical (unpaired) electrons. The molecule has 1 N–H and O–H groups in total. The maximum absolute atomic E-state index is 12.3. The molecule has 0 amide bonds. The predicted molar refractivity (Wildman–Crippen MR) is 87.4 cm³/mol. The van der Waals surface area contributed by atoms with Gasteiger partial charge >= 0.3 is 5.97 Å². The van der Waals surface area contributed by atoms with E-state index in [4.69, 9.17) is 9.84 Å². The Morgan fingerprint density at radius 2 is 1.48 bits per heavy atom. The third kappa shape index (κ3) is 4.27. The molecule has 0 saturated carbocycles. The van der Waals surface area contributed by atoms with Gasteiger partial charge in [0.05, 0.1) is 12.2 Å². The fraction of sp³-hybridized carbons (Fsp3) is 0.263. The highest BCUT2D eigenvalue weighted by Gasteiger charge is 2.20. The van der Waals surface area contributed by atoms with Gasteiger partial charge in [0, 0.05) is 5.56 Å². The van der Waals surface area contributed by atoms with Crippen LogP contribution in [0.2, 0.25) is 0 Å². The Labute approximate surface area is 135 Å². The van der Waals surface area contributed by atoms with Gasteiger partial charge in [0.15, 0.2) is 6.10 Å². The molecular formula is C19H20O4. The largest absolute Gasteiger partial charge is 0.451 e. The number of aryl methyl sites for hydroxylation is 1. The fourth-order valence-corrected chi connectivity index (χ4v) is 2.17. The summed E-state index contributed by atoms with van der Waals surface area (Å²) in [6.45, 7) is 3.53. The highest BCUT2D eigenvalue weighted by atomic mass is 16.5. The molecular weight excluding hydrogens is 292 g/mol. The normalized spacial score (nSPS) is 11.8. The number of carbonyl (C=O) groups is 2. The Balaban J connectivity index is 2.02. The lowest BCUT2D eigenvalue weighted by Gasteiger charge is -2.13. The van der Waals surface area contributed by atoms with Gasteiger partial charge in [-0.2, -0.15) is 0 Å². The molecule has 2 aromatic rings. The van der Waals surface area contributed by atoms with E-state index in [1.165, 1.54) is 0 Å². The molecule has 120 valence electrons. The number of Topliss-reactive ketones (excluding diaryl/α,β-unsaturated/α-hetero) is 1. The van der Waals surface area contributed by atoms with Crippen LogP contribution in [0.3, 0.4) is 0 Å². The lowest BCUT2D eigenvalue weighted by Crippen LogP contribution is -2.24. The second-order valence-electron chi connectivity index (χ2n) is 5.32. The van der Waals surface area contributed by atoms with E-state index < -0.39 is 12.1 Å². The molecule has 0 aromatic heterocycles. The first-order chi connectivity index (χ1) is 11.0. The maximum Gasteiger partial charge on any atom is 0.338 e. The number of aliphatic hydroxyl groups excluding tert-OH is 1. The number of ketones is 1. The molecule has 0 bridgehead atoms. The Kier molecular flexibility index (Phi) is 5.66. The topological polar surface area (TPSA) is 63.6 Å². The van der Waals surface area contributed by atoms with Crippen molar-refractivity contribution < 1.29 is 19.4 Å². The van der Waals surface area contributed by atoms with Crippen LogP contribution in [0.5, 0.6) is 0 Å². The lowest BCUT2D eigenvalue weighted by atomic mass is 10.0. The molecule has 2 rings (SSSR count). The molecule has 0 aliphatic rings. The third-order valence-electron chi connectivity index (χ3n) is 3.67. The molecule has 2 aromatic carbocycles. The summed E-state index contributed by atoms with van der Waals surface area (Å²) in [5, 5.41) is 8.99. The van der Waals surface area contributed by atoms with E-state index >= 15 is 0 Å². The zero-order valence-corrected chi connectivity index (χ0v) is 13.3. The monoisotopic (exact) mass is 312 g/mol. The first-order valence-electron chi connectivity index (χ1n) is 7.59. The van der Waals surface area contributed by atoms with Crippen molar-refractivity contribution in [2.45, 2.75) is 33.0 Å². The predicted octanol–water partition coefficient (Wildman–Crippen LogP) is 3.17. The second kappa shape index (κ2) is 7.70. The van der Waals surface area contributed by atoms with Crippen molar-refractivity contribution in [1.29, 1.82) is 0 Å². The highest BCUT2D eigenvalue weighted by molar-refractivity contribution is 6.01. The van der Waals surface area contributed by atoms with E-state index in [1.807, 2.05) is 19.1 Å². The van der Waals surface area contributed by atoms with Gasteiger partial charge in [-0.25, -0.2) is 4.79 Å². The van der Waals surface area contributed by atoms with Crippen molar-refractivity contribution >= 4 is 11.8 Å². The number of hydrogen-bond donors (Lipinski definition) is 1. The summed E-state index contributed by atoms with van der Waals surface area (Å²) in [5.74, 6) is -0.784. The van der Waals surface area contributed by atoms with Crippen LogP contribution in [0.15, 0.2) is 48.5 Å². The molecule has 4 nitrogen and oxygen atoms in total. The highest BCUT2D eigenvalue weighted by Crippen LogP contribution is 2.12. The van der Waals surface area contributed by atoms with E-state index in [-0.39, 0.29) is 12.4 Å². The number of benzene rings is 2. The van der Waals surface area contributed by atoms with Gasteiger partial charge in [-0.3, -0.25) is 4.79 Å². The van der Waals surface area contributed by atoms with E-state index in [0.29, 0.717) is 16.7 Å². The van der Waals surface area contributed by atoms with Crippen molar-refractivity contribution in [1.82, 2.24) is 0 Å². The molecule has 0 aliphatic heterocycles. The average molecular weight is 312 g/mol. The van der Waals surface area contributed by atoms with Gasteiger partial charge < -0.3 is 9.84 Å². The Hall–Kier alpha value is -2.46. The molecule has 23 heavy (non-hydrogen) atoms. The third-order valence-corrected chi connectivity index (χ3v) is 3.67. The van der Waals surface area contributed by atoms with Crippen molar-refractivity contribution in [2.24, 2.45) is 0 Å². The molecule has 0 unspecified atom stereocenters. The summed E-state index contributed by atoms with van der Waals surface area (Å²) in [4.78, 5) is 24.4. The maximum atomic E-state index is 12.3. The quantitative estimate of drug-likeness (QED) is 0.657. The van der Waals surface area contributed by atoms with Crippen LogP contribution < -0.4 is 0 Å². The van der Waals surface area contributed by atoms with Crippen LogP contribution in [0.1, 0.15) is 45.7 Å². The van der Waals surface area contributed by atoms with E-state index in [0.717, 1.165) is 12.0 Å². The molecule has 4 heteroatoms. The first kappa shape index (κ1) is 16.9. The number of ether oxygens (including phenoxy) is 1. The number of carbonyl (C=O) groups excluding carboxylic acids is 2.